The van der Waals surface area contributed by atoms with Gasteiger partial charge in [-0.1, -0.05) is 38.0 Å². The number of hydrogen-bond donors (Lipinski definition) is 1. The Morgan fingerprint density at radius 2 is 1.88 bits per heavy atom. The van der Waals surface area contributed by atoms with Gasteiger partial charge in [0, 0.05) is 20.1 Å². The van der Waals surface area contributed by atoms with E-state index in [-0.39, 0.29) is 5.91 Å². The van der Waals surface area contributed by atoms with Crippen LogP contribution in [0.5, 0.6) is 0 Å². The van der Waals surface area contributed by atoms with Gasteiger partial charge in [0.25, 0.3) is 0 Å². The summed E-state index contributed by atoms with van der Waals surface area (Å²) in [6, 6.07) is 7.35. The Labute approximate surface area is 151 Å². The molecule has 1 amide bonds. The van der Waals surface area contributed by atoms with E-state index in [1.54, 1.807) is 19.2 Å². The normalized spacial score (nSPS) is 15.9. The quantitative estimate of drug-likeness (QED) is 0.569. The van der Waals surface area contributed by atoms with E-state index < -0.39 is 10.0 Å². The minimum Gasteiger partial charge on any atom is -0.353 e. The van der Waals surface area contributed by atoms with Crippen LogP contribution >= 0.6 is 0 Å². The minimum atomic E-state index is -3.49. The van der Waals surface area contributed by atoms with Crippen LogP contribution in [0.4, 0.5) is 0 Å². The van der Waals surface area contributed by atoms with Gasteiger partial charge in [-0.2, -0.15) is 0 Å². The summed E-state index contributed by atoms with van der Waals surface area (Å²) in [5.41, 5.74) is 1.24. The Kier molecular flexibility index (Phi) is 7.20. The molecule has 1 aliphatic rings. The van der Waals surface area contributed by atoms with Crippen molar-refractivity contribution in [3.05, 3.63) is 42.5 Å². The number of sulfonamides is 1. The maximum absolute atomic E-state index is 12.6. The van der Waals surface area contributed by atoms with Crippen LogP contribution in [-0.4, -0.2) is 38.8 Å². The van der Waals surface area contributed by atoms with Crippen LogP contribution in [0.2, 0.25) is 0 Å². The number of amides is 1. The molecule has 1 aromatic rings. The van der Waals surface area contributed by atoms with Gasteiger partial charge in [0.05, 0.1) is 4.90 Å². The summed E-state index contributed by atoms with van der Waals surface area (Å²) in [6.07, 6.45) is 7.97. The second-order valence-corrected chi connectivity index (χ2v) is 8.62. The van der Waals surface area contributed by atoms with Crippen LogP contribution in [0.1, 0.15) is 50.0 Å². The second-order valence-electron chi connectivity index (χ2n) is 6.58. The van der Waals surface area contributed by atoms with E-state index in [9.17, 15) is 13.2 Å². The van der Waals surface area contributed by atoms with E-state index in [0.29, 0.717) is 30.3 Å². The van der Waals surface area contributed by atoms with Crippen molar-refractivity contribution >= 4 is 15.9 Å². The zero-order valence-corrected chi connectivity index (χ0v) is 15.7. The van der Waals surface area contributed by atoms with Gasteiger partial charge in [-0.05, 0) is 49.0 Å². The molecule has 0 bridgehead atoms. The molecule has 5 nitrogen and oxygen atoms in total. The van der Waals surface area contributed by atoms with Crippen LogP contribution in [-0.2, 0) is 14.8 Å². The first-order chi connectivity index (χ1) is 11.9. The summed E-state index contributed by atoms with van der Waals surface area (Å²) in [5.74, 6) is 0.320. The molecule has 0 heterocycles. The van der Waals surface area contributed by atoms with Crippen molar-refractivity contribution in [3.8, 4) is 0 Å². The lowest BCUT2D eigenvalue weighted by Gasteiger charge is -2.22. The van der Waals surface area contributed by atoms with Crippen LogP contribution in [0.25, 0.3) is 0 Å². The van der Waals surface area contributed by atoms with Crippen molar-refractivity contribution in [2.75, 3.05) is 20.1 Å². The van der Waals surface area contributed by atoms with Crippen molar-refractivity contribution in [1.29, 1.82) is 0 Å². The van der Waals surface area contributed by atoms with Gasteiger partial charge in [-0.25, -0.2) is 12.7 Å². The molecule has 0 unspecified atom stereocenters. The largest absolute Gasteiger partial charge is 0.353 e. The van der Waals surface area contributed by atoms with Crippen molar-refractivity contribution in [2.45, 2.75) is 49.3 Å². The zero-order valence-electron chi connectivity index (χ0n) is 14.9. The SMILES string of the molecule is C=CC(=O)NCCCN(C)S(=O)(=O)c1ccc(C2CCCCC2)cc1. The number of carbonyl (C=O) groups excluding carboxylic acids is 1. The first-order valence-corrected chi connectivity index (χ1v) is 10.4. The maximum Gasteiger partial charge on any atom is 0.243 e. The number of benzene rings is 1. The second kappa shape index (κ2) is 9.15. The number of rotatable bonds is 8. The maximum atomic E-state index is 12.6. The summed E-state index contributed by atoms with van der Waals surface area (Å²) in [5, 5.41) is 2.64. The molecule has 0 atom stereocenters. The van der Waals surface area contributed by atoms with E-state index in [2.05, 4.69) is 11.9 Å². The third-order valence-electron chi connectivity index (χ3n) is 4.80. The van der Waals surface area contributed by atoms with Gasteiger partial charge in [0.1, 0.15) is 0 Å². The highest BCUT2D eigenvalue weighted by atomic mass is 32.2. The van der Waals surface area contributed by atoms with E-state index in [0.717, 1.165) is 0 Å². The summed E-state index contributed by atoms with van der Waals surface area (Å²) in [7, 11) is -1.92. The molecular weight excluding hydrogens is 336 g/mol. The average Bonchev–Trinajstić information content (AvgIpc) is 2.65. The molecule has 1 saturated carbocycles. The lowest BCUT2D eigenvalue weighted by molar-refractivity contribution is -0.116. The molecule has 25 heavy (non-hydrogen) atoms. The molecule has 0 aliphatic heterocycles. The fraction of sp³-hybridized carbons (Fsp3) is 0.526. The summed E-state index contributed by atoms with van der Waals surface area (Å²) >= 11 is 0. The van der Waals surface area contributed by atoms with Crippen LogP contribution in [0.3, 0.4) is 0 Å². The predicted octanol–water partition coefficient (Wildman–Crippen LogP) is 3.05. The standard InChI is InChI=1S/C19H28N2O3S/c1-3-19(22)20-14-7-15-21(2)25(23,24)18-12-10-17(11-13-18)16-8-5-4-6-9-16/h3,10-13,16H,1,4-9,14-15H2,2H3,(H,20,22). The third-order valence-corrected chi connectivity index (χ3v) is 6.67. The first-order valence-electron chi connectivity index (χ1n) is 8.91. The summed E-state index contributed by atoms with van der Waals surface area (Å²) < 4.78 is 26.6. The van der Waals surface area contributed by atoms with Gasteiger partial charge in [-0.15, -0.1) is 0 Å². The van der Waals surface area contributed by atoms with Gasteiger partial charge >= 0.3 is 0 Å². The summed E-state index contributed by atoms with van der Waals surface area (Å²) in [4.78, 5) is 11.4. The Morgan fingerprint density at radius 3 is 2.48 bits per heavy atom. The van der Waals surface area contributed by atoms with Gasteiger partial charge in [0.15, 0.2) is 0 Å². The van der Waals surface area contributed by atoms with Gasteiger partial charge < -0.3 is 5.32 Å². The van der Waals surface area contributed by atoms with Crippen LogP contribution in [0, 0.1) is 0 Å². The van der Waals surface area contributed by atoms with Crippen LogP contribution in [0.15, 0.2) is 41.8 Å². The molecule has 1 aromatic carbocycles. The van der Waals surface area contributed by atoms with Gasteiger partial charge in [-0.3, -0.25) is 4.79 Å². The fourth-order valence-corrected chi connectivity index (χ4v) is 4.44. The lowest BCUT2D eigenvalue weighted by Crippen LogP contribution is -2.31. The highest BCUT2D eigenvalue weighted by molar-refractivity contribution is 7.89. The smallest absolute Gasteiger partial charge is 0.243 e. The number of nitrogens with zero attached hydrogens (tertiary/aromatic N) is 1. The van der Waals surface area contributed by atoms with Gasteiger partial charge in [0.2, 0.25) is 15.9 Å². The highest BCUT2D eigenvalue weighted by Gasteiger charge is 2.21. The lowest BCUT2D eigenvalue weighted by atomic mass is 9.84. The molecule has 2 rings (SSSR count). The topological polar surface area (TPSA) is 66.5 Å². The van der Waals surface area contributed by atoms with Crippen molar-refractivity contribution in [3.63, 3.8) is 0 Å². The van der Waals surface area contributed by atoms with Crippen LogP contribution < -0.4 is 5.32 Å². The van der Waals surface area contributed by atoms with E-state index in [1.807, 2.05) is 12.1 Å². The molecule has 6 heteroatoms. The van der Waals surface area contributed by atoms with E-state index in [4.69, 9.17) is 0 Å². The third kappa shape index (κ3) is 5.41. The Bertz CT molecular complexity index is 677. The molecule has 0 spiro atoms. The molecule has 138 valence electrons. The summed E-state index contributed by atoms with van der Waals surface area (Å²) in [6.45, 7) is 4.15. The van der Waals surface area contributed by atoms with E-state index in [1.165, 1.54) is 48.0 Å². The van der Waals surface area contributed by atoms with Crippen molar-refractivity contribution in [2.24, 2.45) is 0 Å². The van der Waals surface area contributed by atoms with Crippen molar-refractivity contribution in [1.82, 2.24) is 9.62 Å². The molecule has 0 aromatic heterocycles. The Balaban J connectivity index is 1.93. The predicted molar refractivity (Wildman–Crippen MR) is 99.9 cm³/mol. The molecule has 1 aliphatic carbocycles. The minimum absolute atomic E-state index is 0.246. The number of hydrogen-bond acceptors (Lipinski definition) is 3. The molecule has 0 saturated heterocycles. The zero-order chi connectivity index (χ0) is 18.3. The number of nitrogens with one attached hydrogen (secondary N) is 1. The van der Waals surface area contributed by atoms with E-state index >= 15 is 0 Å². The molecular formula is C19H28N2O3S. The average molecular weight is 365 g/mol. The molecule has 1 N–H and O–H groups in total. The fourth-order valence-electron chi connectivity index (χ4n) is 3.23. The number of carbonyl (C=O) groups is 1. The Hall–Kier alpha value is -1.66. The monoisotopic (exact) mass is 364 g/mol. The highest BCUT2D eigenvalue weighted by Crippen LogP contribution is 2.33. The molecule has 0 radical (unpaired) electrons. The molecule has 1 fully saturated rings. The first kappa shape index (κ1) is 19.7. The van der Waals surface area contributed by atoms with Crippen molar-refractivity contribution < 1.29 is 13.2 Å². The Morgan fingerprint density at radius 1 is 1.24 bits per heavy atom.